The van der Waals surface area contributed by atoms with Crippen molar-refractivity contribution in [2.75, 3.05) is 30.8 Å². The van der Waals surface area contributed by atoms with Crippen LogP contribution in [0.25, 0.3) is 49.2 Å². The Morgan fingerprint density at radius 1 is 0.745 bits per heavy atom. The van der Waals surface area contributed by atoms with E-state index in [2.05, 4.69) is 24.5 Å². The van der Waals surface area contributed by atoms with E-state index in [1.165, 1.54) is 13.2 Å². The quantitative estimate of drug-likeness (QED) is 0.0452. The Hall–Kier alpha value is -4.14. The van der Waals surface area contributed by atoms with Crippen LogP contribution < -0.4 is 26.2 Å². The molecule has 0 atom stereocenters. The minimum Gasteiger partial charge on any atom is -0.504 e. The standard InChI is InChI=1S/C39H46N2O6/c1-5-7-9-11-13-40-26-17-22(19-42)28-29-23(20-43)18-27(44)33-35(29)31-25(39(47-4)38(33)46)16-21(3)15-24-30(31)34(28)32(26)37(45)36(24)41-14-12-10-8-6-2/h15,17-18,40-43,46H,5-14,16,19-20H2,1-4H3. The zero-order chi connectivity index (χ0) is 33.4. The molecule has 0 saturated carbocycles. The minimum atomic E-state index is -0.424. The van der Waals surface area contributed by atoms with Gasteiger partial charge in [-0.05, 0) is 65.6 Å². The van der Waals surface area contributed by atoms with Crippen LogP contribution in [0.4, 0.5) is 11.4 Å². The fraction of sp³-hybridized carbons (Fsp3) is 0.436. The van der Waals surface area contributed by atoms with Crippen molar-refractivity contribution in [1.82, 2.24) is 0 Å². The van der Waals surface area contributed by atoms with Gasteiger partial charge in [-0.3, -0.25) is 9.59 Å². The molecule has 1 aliphatic carbocycles. The number of benzene rings is 5. The number of anilines is 2. The second-order valence-corrected chi connectivity index (χ2v) is 13.1. The highest BCUT2D eigenvalue weighted by Crippen LogP contribution is 2.53. The van der Waals surface area contributed by atoms with Gasteiger partial charge >= 0.3 is 0 Å². The molecule has 248 valence electrons. The van der Waals surface area contributed by atoms with Crippen LogP contribution in [0.1, 0.15) is 94.4 Å². The Labute approximate surface area is 274 Å². The van der Waals surface area contributed by atoms with E-state index >= 15 is 0 Å². The van der Waals surface area contributed by atoms with Crippen molar-refractivity contribution in [2.24, 2.45) is 0 Å². The average molecular weight is 639 g/mol. The van der Waals surface area contributed by atoms with Crippen LogP contribution in [0.5, 0.6) is 11.5 Å². The summed E-state index contributed by atoms with van der Waals surface area (Å²) in [5.74, 6) is -0.00377. The zero-order valence-electron chi connectivity index (χ0n) is 28.0. The summed E-state index contributed by atoms with van der Waals surface area (Å²) in [6.45, 7) is 6.91. The highest BCUT2D eigenvalue weighted by Gasteiger charge is 2.32. The van der Waals surface area contributed by atoms with Gasteiger partial charge in [0.25, 0.3) is 0 Å². The largest absolute Gasteiger partial charge is 0.504 e. The zero-order valence-corrected chi connectivity index (χ0v) is 28.0. The molecule has 0 amide bonds. The van der Waals surface area contributed by atoms with Crippen LogP contribution in [-0.4, -0.2) is 35.5 Å². The van der Waals surface area contributed by atoms with Gasteiger partial charge in [-0.15, -0.1) is 0 Å². The third-order valence-corrected chi connectivity index (χ3v) is 9.87. The summed E-state index contributed by atoms with van der Waals surface area (Å²) in [6, 6.07) is 3.20. The second kappa shape index (κ2) is 13.5. The molecule has 0 bridgehead atoms. The first-order chi connectivity index (χ1) is 22.8. The number of nitrogens with one attached hydrogen (secondary N) is 2. The third kappa shape index (κ3) is 5.32. The third-order valence-electron chi connectivity index (χ3n) is 9.87. The van der Waals surface area contributed by atoms with Crippen molar-refractivity contribution < 1.29 is 20.1 Å². The van der Waals surface area contributed by atoms with Gasteiger partial charge in [0.05, 0.1) is 36.8 Å². The van der Waals surface area contributed by atoms with Crippen LogP contribution in [0, 0.1) is 0 Å². The molecule has 0 saturated heterocycles. The maximum Gasteiger partial charge on any atom is 0.212 e. The number of phenols is 1. The van der Waals surface area contributed by atoms with Gasteiger partial charge in [0.15, 0.2) is 16.9 Å². The molecule has 8 nitrogen and oxygen atoms in total. The molecule has 0 aliphatic heterocycles. The molecule has 0 spiro atoms. The lowest BCUT2D eigenvalue weighted by Crippen LogP contribution is -2.18. The predicted molar refractivity (Wildman–Crippen MR) is 194 cm³/mol. The molecule has 0 fully saturated rings. The Balaban J connectivity index is 1.85. The van der Waals surface area contributed by atoms with E-state index < -0.39 is 12.0 Å². The van der Waals surface area contributed by atoms with Crippen molar-refractivity contribution >= 4 is 60.5 Å². The number of allylic oxidation sites excluding steroid dienone is 1. The number of aromatic hydroxyl groups is 1. The Morgan fingerprint density at radius 2 is 1.36 bits per heavy atom. The molecular weight excluding hydrogens is 592 g/mol. The summed E-state index contributed by atoms with van der Waals surface area (Å²) in [5, 5.41) is 44.7. The SMILES string of the molecule is CCCCCCNc1c2c3c4c(c(OC)c(O)c5c(=O)cc(CO)c(c6c(CO)cc(NCCCCCC)c(c1=O)c63)c54)CC(C)=C2. The van der Waals surface area contributed by atoms with E-state index in [-0.39, 0.29) is 28.9 Å². The normalized spacial score (nSPS) is 12.9. The highest BCUT2D eigenvalue weighted by molar-refractivity contribution is 6.39. The van der Waals surface area contributed by atoms with E-state index in [1.54, 1.807) is 0 Å². The number of fused-ring (bicyclic) bond motifs is 1. The molecule has 0 radical (unpaired) electrons. The fourth-order valence-corrected chi connectivity index (χ4v) is 7.77. The molecule has 0 heterocycles. The summed E-state index contributed by atoms with van der Waals surface area (Å²) < 4.78 is 5.83. The molecule has 5 aromatic rings. The topological polar surface area (TPSA) is 128 Å². The summed E-state index contributed by atoms with van der Waals surface area (Å²) >= 11 is 0. The van der Waals surface area contributed by atoms with Gasteiger partial charge in [-0.25, -0.2) is 0 Å². The number of aliphatic hydroxyl groups is 2. The summed E-state index contributed by atoms with van der Waals surface area (Å²) in [6.07, 6.45) is 10.9. The molecule has 5 N–H and O–H groups in total. The van der Waals surface area contributed by atoms with E-state index in [0.717, 1.165) is 78.8 Å². The predicted octanol–water partition coefficient (Wildman–Crippen LogP) is 7.54. The number of hydrogen-bond donors (Lipinski definition) is 5. The number of phenolic OH excluding ortho intramolecular Hbond substituents is 1. The first-order valence-corrected chi connectivity index (χ1v) is 17.1. The fourth-order valence-electron chi connectivity index (χ4n) is 7.77. The Morgan fingerprint density at radius 3 is 1.98 bits per heavy atom. The molecule has 0 unspecified atom stereocenters. The van der Waals surface area contributed by atoms with Crippen LogP contribution >= 0.6 is 0 Å². The van der Waals surface area contributed by atoms with Crippen molar-refractivity contribution in [3.63, 3.8) is 0 Å². The molecular formula is C39H46N2O6. The van der Waals surface area contributed by atoms with Gasteiger partial charge in [0, 0.05) is 46.1 Å². The van der Waals surface area contributed by atoms with E-state index in [4.69, 9.17) is 4.74 Å². The molecule has 1 aliphatic rings. The van der Waals surface area contributed by atoms with Gasteiger partial charge < -0.3 is 30.7 Å². The van der Waals surface area contributed by atoms with Crippen molar-refractivity contribution in [3.05, 3.63) is 60.4 Å². The lowest BCUT2D eigenvalue weighted by molar-refractivity contribution is 0.282. The number of hydrogen-bond acceptors (Lipinski definition) is 8. The highest BCUT2D eigenvalue weighted by atomic mass is 16.5. The van der Waals surface area contributed by atoms with Crippen LogP contribution in [0.3, 0.4) is 0 Å². The maximum atomic E-state index is 14.8. The number of aliphatic hydroxyl groups excluding tert-OH is 2. The van der Waals surface area contributed by atoms with Gasteiger partial charge in [0.1, 0.15) is 0 Å². The number of ether oxygens (including phenoxy) is 1. The molecule has 47 heavy (non-hydrogen) atoms. The van der Waals surface area contributed by atoms with Crippen LogP contribution in [0.15, 0.2) is 27.3 Å². The number of rotatable bonds is 15. The van der Waals surface area contributed by atoms with Crippen molar-refractivity contribution in [1.29, 1.82) is 0 Å². The van der Waals surface area contributed by atoms with E-state index in [0.29, 0.717) is 68.9 Å². The van der Waals surface area contributed by atoms with E-state index in [9.17, 15) is 24.9 Å². The van der Waals surface area contributed by atoms with E-state index in [1.807, 2.05) is 19.1 Å². The molecule has 6 rings (SSSR count). The second-order valence-electron chi connectivity index (χ2n) is 13.1. The van der Waals surface area contributed by atoms with Gasteiger partial charge in [0.2, 0.25) is 5.43 Å². The maximum absolute atomic E-state index is 14.8. The lowest BCUT2D eigenvalue weighted by atomic mass is 9.81. The van der Waals surface area contributed by atoms with Crippen LogP contribution in [-0.2, 0) is 19.6 Å². The van der Waals surface area contributed by atoms with Gasteiger partial charge in [-0.2, -0.15) is 0 Å². The molecule has 0 aromatic heterocycles. The Kier molecular flexibility index (Phi) is 9.44. The first kappa shape index (κ1) is 32.8. The molecule has 5 aromatic carbocycles. The number of methoxy groups -OCH3 is 1. The Bertz CT molecular complexity index is 2120. The smallest absolute Gasteiger partial charge is 0.212 e. The van der Waals surface area contributed by atoms with Crippen molar-refractivity contribution in [2.45, 2.75) is 91.8 Å². The monoisotopic (exact) mass is 638 g/mol. The lowest BCUT2D eigenvalue weighted by Gasteiger charge is -2.25. The van der Waals surface area contributed by atoms with Crippen LogP contribution in [0.2, 0.25) is 0 Å². The number of unbranched alkanes of at least 4 members (excludes halogenated alkanes) is 6. The van der Waals surface area contributed by atoms with Crippen molar-refractivity contribution in [3.8, 4) is 11.5 Å². The summed E-state index contributed by atoms with van der Waals surface area (Å²) in [4.78, 5) is 28.5. The van der Waals surface area contributed by atoms with Gasteiger partial charge in [-0.1, -0.05) is 64.0 Å². The average Bonchev–Trinajstić information content (AvgIpc) is 3.21. The summed E-state index contributed by atoms with van der Waals surface area (Å²) in [7, 11) is 1.49. The minimum absolute atomic E-state index is 0.111. The molecule has 8 heteroatoms. The summed E-state index contributed by atoms with van der Waals surface area (Å²) in [5.41, 5.74) is 4.02. The first-order valence-electron chi connectivity index (χ1n) is 17.1.